The molecule has 3 nitrogen and oxygen atoms in total. The number of nitrogens with one attached hydrogen (secondary N) is 1. The van der Waals surface area contributed by atoms with Crippen LogP contribution in [-0.4, -0.2) is 10.6 Å². The van der Waals surface area contributed by atoms with Crippen LogP contribution in [0, 0.1) is 11.6 Å². The maximum Gasteiger partial charge on any atom is 0.416 e. The number of benzene rings is 2. The summed E-state index contributed by atoms with van der Waals surface area (Å²) in [7, 11) is 0. The van der Waals surface area contributed by atoms with Crippen LogP contribution in [0.25, 0.3) is 0 Å². The number of hydrogen-bond donors (Lipinski definition) is 1. The highest BCUT2D eigenvalue weighted by Crippen LogP contribution is 2.30. The van der Waals surface area contributed by atoms with Crippen molar-refractivity contribution in [2.45, 2.75) is 18.9 Å². The molecule has 0 radical (unpaired) electrons. The lowest BCUT2D eigenvalue weighted by atomic mass is 10.1. The van der Waals surface area contributed by atoms with Crippen LogP contribution in [0.5, 0.6) is 0 Å². The van der Waals surface area contributed by atoms with Gasteiger partial charge in [-0.3, -0.25) is 4.99 Å². The molecule has 1 unspecified atom stereocenters. The number of fused-ring (bicyclic) bond motifs is 1. The van der Waals surface area contributed by atoms with Crippen molar-refractivity contribution < 1.29 is 22.0 Å². The lowest BCUT2D eigenvalue weighted by molar-refractivity contribution is -0.137. The topological polar surface area (TPSA) is 27.6 Å². The highest BCUT2D eigenvalue weighted by atomic mass is 19.4. The standard InChI is InChI=1S/C20H14F5N3/c21-15-3-1-2-14(18(15)22)19-26-16-8-9-28(11-17(16)27-19)10-12-4-6-13(7-5-12)20(23,24)25/h1-9,11,19,27H,10H2. The quantitative estimate of drug-likeness (QED) is 0.754. The second-order valence-electron chi connectivity index (χ2n) is 6.43. The number of halogens is 5. The van der Waals surface area contributed by atoms with E-state index in [0.29, 0.717) is 23.5 Å². The first-order chi connectivity index (χ1) is 13.3. The first kappa shape index (κ1) is 18.2. The van der Waals surface area contributed by atoms with Crippen LogP contribution < -0.4 is 5.32 Å². The fraction of sp³-hybridized carbons (Fsp3) is 0.150. The van der Waals surface area contributed by atoms with Gasteiger partial charge in [0.25, 0.3) is 0 Å². The van der Waals surface area contributed by atoms with Crippen molar-refractivity contribution in [3.8, 4) is 0 Å². The molecule has 2 aliphatic heterocycles. The molecular formula is C20H14F5N3. The fourth-order valence-electron chi connectivity index (χ4n) is 3.06. The first-order valence-corrected chi connectivity index (χ1v) is 8.42. The summed E-state index contributed by atoms with van der Waals surface area (Å²) in [5.74, 6) is -1.89. The second-order valence-corrected chi connectivity index (χ2v) is 6.43. The third kappa shape index (κ3) is 3.49. The smallest absolute Gasteiger partial charge is 0.357 e. The predicted octanol–water partition coefficient (Wildman–Crippen LogP) is 4.90. The number of aliphatic imine (C=N–C) groups is 1. The second kappa shape index (κ2) is 6.78. The lowest BCUT2D eigenvalue weighted by Crippen LogP contribution is -2.22. The van der Waals surface area contributed by atoms with Crippen molar-refractivity contribution in [3.05, 3.63) is 95.0 Å². The molecule has 2 aliphatic rings. The van der Waals surface area contributed by atoms with Crippen molar-refractivity contribution in [2.24, 2.45) is 4.99 Å². The van der Waals surface area contributed by atoms with Gasteiger partial charge in [0.2, 0.25) is 0 Å². The Hall–Kier alpha value is -3.16. The van der Waals surface area contributed by atoms with Crippen LogP contribution in [0.2, 0.25) is 0 Å². The zero-order valence-corrected chi connectivity index (χ0v) is 14.3. The molecular weight excluding hydrogens is 377 g/mol. The van der Waals surface area contributed by atoms with Crippen LogP contribution in [0.3, 0.4) is 0 Å². The SMILES string of the molecule is Fc1cccc(C2N=C3C=CN(Cc4ccc(C(F)(F)F)cc4)C=C3N2)c1F. The van der Waals surface area contributed by atoms with Gasteiger partial charge < -0.3 is 10.2 Å². The molecule has 28 heavy (non-hydrogen) atoms. The molecule has 144 valence electrons. The summed E-state index contributed by atoms with van der Waals surface area (Å²) in [4.78, 5) is 6.13. The Labute approximate surface area is 157 Å². The summed E-state index contributed by atoms with van der Waals surface area (Å²) in [5.41, 5.74) is 1.32. The Morgan fingerprint density at radius 3 is 2.50 bits per heavy atom. The molecule has 2 aromatic carbocycles. The van der Waals surface area contributed by atoms with Crippen LogP contribution >= 0.6 is 0 Å². The van der Waals surface area contributed by atoms with Crippen LogP contribution in [0.4, 0.5) is 22.0 Å². The molecule has 0 spiro atoms. The fourth-order valence-corrected chi connectivity index (χ4v) is 3.06. The summed E-state index contributed by atoms with van der Waals surface area (Å²) in [6.45, 7) is 0.353. The van der Waals surface area contributed by atoms with E-state index in [0.717, 1.165) is 18.2 Å². The van der Waals surface area contributed by atoms with Gasteiger partial charge in [0.05, 0.1) is 17.0 Å². The van der Waals surface area contributed by atoms with E-state index < -0.39 is 29.5 Å². The van der Waals surface area contributed by atoms with E-state index in [1.165, 1.54) is 24.3 Å². The Kier molecular flexibility index (Phi) is 4.41. The van der Waals surface area contributed by atoms with Gasteiger partial charge in [-0.05, 0) is 29.8 Å². The Morgan fingerprint density at radius 2 is 1.79 bits per heavy atom. The third-order valence-corrected chi connectivity index (χ3v) is 4.48. The Balaban J connectivity index is 1.49. The number of alkyl halides is 3. The minimum Gasteiger partial charge on any atom is -0.357 e. The predicted molar refractivity (Wildman–Crippen MR) is 93.9 cm³/mol. The molecule has 8 heteroatoms. The number of rotatable bonds is 3. The van der Waals surface area contributed by atoms with E-state index in [2.05, 4.69) is 10.3 Å². The number of hydrogen-bond acceptors (Lipinski definition) is 3. The van der Waals surface area contributed by atoms with Crippen molar-refractivity contribution >= 4 is 5.71 Å². The molecule has 0 fully saturated rings. The van der Waals surface area contributed by atoms with E-state index in [9.17, 15) is 22.0 Å². The average molecular weight is 391 g/mol. The van der Waals surface area contributed by atoms with Crippen molar-refractivity contribution in [1.29, 1.82) is 0 Å². The summed E-state index contributed by atoms with van der Waals surface area (Å²) in [5, 5.41) is 3.03. The van der Waals surface area contributed by atoms with Crippen LogP contribution in [0.1, 0.15) is 22.9 Å². The summed E-state index contributed by atoms with van der Waals surface area (Å²) in [6.07, 6.45) is 0.0578. The minimum absolute atomic E-state index is 0.102. The van der Waals surface area contributed by atoms with Gasteiger partial charge in [-0.25, -0.2) is 8.78 Å². The van der Waals surface area contributed by atoms with Gasteiger partial charge in [0, 0.05) is 24.5 Å². The molecule has 2 aromatic rings. The Bertz CT molecular complexity index is 990. The first-order valence-electron chi connectivity index (χ1n) is 8.42. The van der Waals surface area contributed by atoms with Crippen LogP contribution in [0.15, 0.2) is 71.6 Å². The van der Waals surface area contributed by atoms with Crippen molar-refractivity contribution in [1.82, 2.24) is 10.2 Å². The molecule has 1 N–H and O–H groups in total. The van der Waals surface area contributed by atoms with Gasteiger partial charge in [-0.2, -0.15) is 13.2 Å². The molecule has 0 saturated heterocycles. The molecule has 0 bridgehead atoms. The summed E-state index contributed by atoms with van der Waals surface area (Å²) in [6, 6.07) is 8.84. The summed E-state index contributed by atoms with van der Waals surface area (Å²) < 4.78 is 65.4. The van der Waals surface area contributed by atoms with Gasteiger partial charge in [-0.1, -0.05) is 24.3 Å². The molecule has 0 aromatic heterocycles. The van der Waals surface area contributed by atoms with Gasteiger partial charge >= 0.3 is 6.18 Å². The van der Waals surface area contributed by atoms with E-state index in [1.807, 2.05) is 0 Å². The molecule has 4 rings (SSSR count). The molecule has 0 saturated carbocycles. The third-order valence-electron chi connectivity index (χ3n) is 4.48. The van der Waals surface area contributed by atoms with Crippen molar-refractivity contribution in [3.63, 3.8) is 0 Å². The largest absolute Gasteiger partial charge is 0.416 e. The van der Waals surface area contributed by atoms with Gasteiger partial charge in [0.15, 0.2) is 11.6 Å². The number of allylic oxidation sites excluding steroid dienone is 1. The van der Waals surface area contributed by atoms with E-state index in [-0.39, 0.29) is 5.56 Å². The zero-order valence-electron chi connectivity index (χ0n) is 14.3. The average Bonchev–Trinajstić information content (AvgIpc) is 3.07. The lowest BCUT2D eigenvalue weighted by Gasteiger charge is -2.21. The molecule has 0 amide bonds. The highest BCUT2D eigenvalue weighted by molar-refractivity contribution is 6.09. The van der Waals surface area contributed by atoms with Crippen LogP contribution in [-0.2, 0) is 12.7 Å². The molecule has 0 aliphatic carbocycles. The van der Waals surface area contributed by atoms with E-state index in [1.54, 1.807) is 23.4 Å². The summed E-state index contributed by atoms with van der Waals surface area (Å²) >= 11 is 0. The molecule has 1 atom stereocenters. The minimum atomic E-state index is -4.37. The molecule has 2 heterocycles. The Morgan fingerprint density at radius 1 is 1.04 bits per heavy atom. The monoisotopic (exact) mass is 391 g/mol. The number of nitrogens with zero attached hydrogens (tertiary/aromatic N) is 2. The van der Waals surface area contributed by atoms with E-state index in [4.69, 9.17) is 0 Å². The zero-order chi connectivity index (χ0) is 19.9. The van der Waals surface area contributed by atoms with Gasteiger partial charge in [0.1, 0.15) is 6.17 Å². The maximum absolute atomic E-state index is 14.0. The van der Waals surface area contributed by atoms with Crippen molar-refractivity contribution in [2.75, 3.05) is 0 Å². The highest BCUT2D eigenvalue weighted by Gasteiger charge is 2.30. The normalized spacial score (nSPS) is 18.5. The van der Waals surface area contributed by atoms with E-state index >= 15 is 0 Å². The van der Waals surface area contributed by atoms with Gasteiger partial charge in [-0.15, -0.1) is 0 Å². The maximum atomic E-state index is 14.0.